The Balaban J connectivity index is 1.56. The maximum Gasteiger partial charge on any atom is 0.244 e. The molecule has 0 saturated heterocycles. The average molecular weight is 335 g/mol. The molecule has 128 valence electrons. The molecule has 3 rings (SSSR count). The first-order chi connectivity index (χ1) is 12.2. The highest BCUT2D eigenvalue weighted by Gasteiger charge is 2.04. The lowest BCUT2D eigenvalue weighted by Gasteiger charge is -2.05. The van der Waals surface area contributed by atoms with Gasteiger partial charge in [0.25, 0.3) is 0 Å². The summed E-state index contributed by atoms with van der Waals surface area (Å²) >= 11 is 0. The smallest absolute Gasteiger partial charge is 0.244 e. The Hall–Kier alpha value is -3.08. The summed E-state index contributed by atoms with van der Waals surface area (Å²) in [5.41, 5.74) is 2.96. The van der Waals surface area contributed by atoms with Gasteiger partial charge in [-0.2, -0.15) is 0 Å². The Bertz CT molecular complexity index is 895. The molecule has 5 nitrogen and oxygen atoms in total. The minimum absolute atomic E-state index is 0.103. The lowest BCUT2D eigenvalue weighted by Crippen LogP contribution is -2.24. The number of amides is 1. The second-order valence-electron chi connectivity index (χ2n) is 5.77. The second-order valence-corrected chi connectivity index (χ2v) is 5.77. The van der Waals surface area contributed by atoms with E-state index in [4.69, 9.17) is 4.74 Å². The van der Waals surface area contributed by atoms with Crippen molar-refractivity contribution >= 4 is 17.0 Å². The predicted octanol–water partition coefficient (Wildman–Crippen LogP) is 3.11. The molecular formula is C20H21N3O2. The first kappa shape index (κ1) is 16.8. The van der Waals surface area contributed by atoms with Crippen molar-refractivity contribution in [2.75, 3.05) is 13.7 Å². The highest BCUT2D eigenvalue weighted by Crippen LogP contribution is 2.17. The van der Waals surface area contributed by atoms with Crippen LogP contribution >= 0.6 is 0 Å². The van der Waals surface area contributed by atoms with Gasteiger partial charge in [-0.1, -0.05) is 18.2 Å². The van der Waals surface area contributed by atoms with Gasteiger partial charge in [-0.25, -0.2) is 4.98 Å². The molecule has 0 aliphatic heterocycles. The largest absolute Gasteiger partial charge is 0.497 e. The molecule has 0 radical (unpaired) electrons. The summed E-state index contributed by atoms with van der Waals surface area (Å²) in [6, 6.07) is 13.6. The van der Waals surface area contributed by atoms with E-state index >= 15 is 0 Å². The van der Waals surface area contributed by atoms with Crippen LogP contribution in [0.15, 0.2) is 60.9 Å². The number of nitrogens with one attached hydrogen (secondary N) is 1. The fraction of sp³-hybridized carbons (Fsp3) is 0.200. The predicted molar refractivity (Wildman–Crippen MR) is 98.6 cm³/mol. The van der Waals surface area contributed by atoms with Crippen LogP contribution in [-0.4, -0.2) is 28.9 Å². The third-order valence-corrected chi connectivity index (χ3v) is 4.06. The molecule has 0 aliphatic rings. The summed E-state index contributed by atoms with van der Waals surface area (Å²) in [6.07, 6.45) is 6.11. The topological polar surface area (TPSA) is 55.6 Å². The Labute approximate surface area is 147 Å². The second kappa shape index (κ2) is 7.66. The number of methoxy groups -OCH3 is 1. The van der Waals surface area contributed by atoms with Crippen molar-refractivity contribution < 1.29 is 9.53 Å². The van der Waals surface area contributed by atoms with E-state index in [-0.39, 0.29) is 5.91 Å². The van der Waals surface area contributed by atoms with Crippen LogP contribution < -0.4 is 10.1 Å². The molecule has 0 atom stereocenters. The number of pyridine rings is 1. The number of carbonyl (C=O) groups excluding carboxylic acids is 1. The molecule has 2 heterocycles. The first-order valence-electron chi connectivity index (χ1n) is 8.19. The molecule has 1 N–H and O–H groups in total. The molecule has 0 spiro atoms. The standard InChI is InChI=1S/C20H21N3O2/c1-15(16-6-8-18(25-2)9-7-16)13-20(24)21-11-10-19-22-14-17-5-3-4-12-23(17)19/h3-9,12-14H,10-11H2,1-2H3,(H,21,24)/b15-13+. The van der Waals surface area contributed by atoms with Gasteiger partial charge in [0.15, 0.2) is 0 Å². The zero-order chi connectivity index (χ0) is 17.6. The Morgan fingerprint density at radius 3 is 2.80 bits per heavy atom. The number of aromatic nitrogens is 2. The van der Waals surface area contributed by atoms with Crippen molar-refractivity contribution in [2.24, 2.45) is 0 Å². The number of imidazole rings is 1. The minimum atomic E-state index is -0.103. The monoisotopic (exact) mass is 335 g/mol. The van der Waals surface area contributed by atoms with Crippen LogP contribution in [0.25, 0.3) is 11.1 Å². The van der Waals surface area contributed by atoms with Crippen LogP contribution in [0, 0.1) is 0 Å². The van der Waals surface area contributed by atoms with E-state index < -0.39 is 0 Å². The Morgan fingerprint density at radius 1 is 1.24 bits per heavy atom. The van der Waals surface area contributed by atoms with E-state index in [1.54, 1.807) is 13.2 Å². The molecular weight excluding hydrogens is 314 g/mol. The molecule has 3 aromatic rings. The number of allylic oxidation sites excluding steroid dienone is 1. The lowest BCUT2D eigenvalue weighted by molar-refractivity contribution is -0.116. The van der Waals surface area contributed by atoms with Crippen LogP contribution in [0.2, 0.25) is 0 Å². The Morgan fingerprint density at radius 2 is 2.04 bits per heavy atom. The number of carbonyl (C=O) groups is 1. The van der Waals surface area contributed by atoms with Gasteiger partial charge in [-0.15, -0.1) is 0 Å². The van der Waals surface area contributed by atoms with Gasteiger partial charge in [0.2, 0.25) is 5.91 Å². The van der Waals surface area contributed by atoms with Crippen LogP contribution in [0.1, 0.15) is 18.3 Å². The molecule has 2 aromatic heterocycles. The van der Waals surface area contributed by atoms with E-state index in [0.29, 0.717) is 13.0 Å². The van der Waals surface area contributed by atoms with Crippen molar-refractivity contribution in [3.8, 4) is 5.75 Å². The normalized spacial score (nSPS) is 11.5. The van der Waals surface area contributed by atoms with Crippen LogP contribution in [0.4, 0.5) is 0 Å². The molecule has 1 aromatic carbocycles. The van der Waals surface area contributed by atoms with Gasteiger partial charge in [0.05, 0.1) is 18.8 Å². The number of rotatable bonds is 6. The van der Waals surface area contributed by atoms with Gasteiger partial charge in [-0.3, -0.25) is 4.79 Å². The van der Waals surface area contributed by atoms with Gasteiger partial charge in [-0.05, 0) is 42.3 Å². The first-order valence-corrected chi connectivity index (χ1v) is 8.19. The zero-order valence-corrected chi connectivity index (χ0v) is 14.4. The van der Waals surface area contributed by atoms with Gasteiger partial charge in [0.1, 0.15) is 11.6 Å². The summed E-state index contributed by atoms with van der Waals surface area (Å²) in [6.45, 7) is 2.46. The zero-order valence-electron chi connectivity index (χ0n) is 14.4. The number of hydrogen-bond acceptors (Lipinski definition) is 3. The van der Waals surface area contributed by atoms with E-state index in [0.717, 1.165) is 28.2 Å². The number of ether oxygens (including phenoxy) is 1. The number of benzene rings is 1. The SMILES string of the molecule is COc1ccc(/C(C)=C/C(=O)NCCc2ncc3ccccn23)cc1. The van der Waals surface area contributed by atoms with E-state index in [1.807, 2.05) is 66.2 Å². The van der Waals surface area contributed by atoms with Gasteiger partial charge < -0.3 is 14.5 Å². The number of fused-ring (bicyclic) bond motifs is 1. The molecule has 0 aliphatic carbocycles. The third-order valence-electron chi connectivity index (χ3n) is 4.06. The molecule has 0 fully saturated rings. The van der Waals surface area contributed by atoms with Crippen LogP contribution in [0.5, 0.6) is 5.75 Å². The van der Waals surface area contributed by atoms with Crippen LogP contribution in [-0.2, 0) is 11.2 Å². The molecule has 0 saturated carbocycles. The van der Waals surface area contributed by atoms with Gasteiger partial charge >= 0.3 is 0 Å². The summed E-state index contributed by atoms with van der Waals surface area (Å²) in [4.78, 5) is 16.5. The Kier molecular flexibility index (Phi) is 5.14. The van der Waals surface area contributed by atoms with Crippen molar-refractivity contribution in [2.45, 2.75) is 13.3 Å². The highest BCUT2D eigenvalue weighted by molar-refractivity contribution is 5.94. The number of hydrogen-bond donors (Lipinski definition) is 1. The molecule has 0 unspecified atom stereocenters. The van der Waals surface area contributed by atoms with Crippen LogP contribution in [0.3, 0.4) is 0 Å². The lowest BCUT2D eigenvalue weighted by atomic mass is 10.1. The summed E-state index contributed by atoms with van der Waals surface area (Å²) in [7, 11) is 1.63. The minimum Gasteiger partial charge on any atom is -0.497 e. The van der Waals surface area contributed by atoms with Crippen molar-refractivity contribution in [3.05, 3.63) is 72.3 Å². The quantitative estimate of drug-likeness (QED) is 0.704. The van der Waals surface area contributed by atoms with Gasteiger partial charge in [0, 0.05) is 25.2 Å². The highest BCUT2D eigenvalue weighted by atomic mass is 16.5. The van der Waals surface area contributed by atoms with E-state index in [9.17, 15) is 4.79 Å². The third kappa shape index (κ3) is 4.07. The van der Waals surface area contributed by atoms with Crippen molar-refractivity contribution in [1.82, 2.24) is 14.7 Å². The summed E-state index contributed by atoms with van der Waals surface area (Å²) in [5, 5.41) is 2.92. The number of nitrogens with zero attached hydrogens (tertiary/aromatic N) is 2. The maximum absolute atomic E-state index is 12.1. The molecule has 1 amide bonds. The molecule has 5 heteroatoms. The van der Waals surface area contributed by atoms with E-state index in [1.165, 1.54) is 0 Å². The van der Waals surface area contributed by atoms with E-state index in [2.05, 4.69) is 10.3 Å². The average Bonchev–Trinajstić information content (AvgIpc) is 3.05. The molecule has 0 bridgehead atoms. The summed E-state index contributed by atoms with van der Waals surface area (Å²) < 4.78 is 7.17. The fourth-order valence-electron chi connectivity index (χ4n) is 2.67. The maximum atomic E-state index is 12.1. The molecule has 25 heavy (non-hydrogen) atoms. The van der Waals surface area contributed by atoms with Crippen molar-refractivity contribution in [3.63, 3.8) is 0 Å². The fourth-order valence-corrected chi connectivity index (χ4v) is 2.67. The van der Waals surface area contributed by atoms with Crippen molar-refractivity contribution in [1.29, 1.82) is 0 Å². The summed E-state index contributed by atoms with van der Waals surface area (Å²) in [5.74, 6) is 1.63.